The number of rotatable bonds is 6. The average molecular weight is 291 g/mol. The van der Waals surface area contributed by atoms with Gasteiger partial charge in [0.1, 0.15) is 0 Å². The molecule has 110 valence electrons. The van der Waals surface area contributed by atoms with E-state index in [1.807, 2.05) is 0 Å². The van der Waals surface area contributed by atoms with Crippen LogP contribution in [0.15, 0.2) is 33.5 Å². The normalized spacial score (nSPS) is 15.8. The summed E-state index contributed by atoms with van der Waals surface area (Å²) in [5.41, 5.74) is 2.89. The molecule has 1 aromatic heterocycles. The Bertz CT molecular complexity index is 435. The van der Waals surface area contributed by atoms with Crippen LogP contribution in [0.4, 0.5) is 0 Å². The lowest BCUT2D eigenvalue weighted by atomic mass is 9.97. The van der Waals surface area contributed by atoms with Gasteiger partial charge in [-0.2, -0.15) is 11.3 Å². The van der Waals surface area contributed by atoms with Crippen LogP contribution in [0.25, 0.3) is 0 Å². The summed E-state index contributed by atoms with van der Waals surface area (Å²) in [6.07, 6.45) is 8.83. The molecule has 0 unspecified atom stereocenters. The maximum atomic E-state index is 4.62. The Morgan fingerprint density at radius 1 is 1.35 bits per heavy atom. The fourth-order valence-corrected chi connectivity index (χ4v) is 3.03. The molecule has 0 radical (unpaired) electrons. The van der Waals surface area contributed by atoms with Crippen molar-refractivity contribution in [1.29, 1.82) is 0 Å². The highest BCUT2D eigenvalue weighted by Crippen LogP contribution is 2.19. The van der Waals surface area contributed by atoms with E-state index in [-0.39, 0.29) is 0 Å². The van der Waals surface area contributed by atoms with Crippen molar-refractivity contribution in [3.8, 4) is 0 Å². The summed E-state index contributed by atoms with van der Waals surface area (Å²) in [4.78, 5) is 4.62. The van der Waals surface area contributed by atoms with Gasteiger partial charge in [0.2, 0.25) is 0 Å². The zero-order valence-corrected chi connectivity index (χ0v) is 13.1. The molecule has 2 rings (SSSR count). The molecule has 1 heterocycles. The van der Waals surface area contributed by atoms with Crippen LogP contribution in [-0.4, -0.2) is 19.0 Å². The van der Waals surface area contributed by atoms with E-state index < -0.39 is 0 Å². The van der Waals surface area contributed by atoms with E-state index in [0.29, 0.717) is 0 Å². The van der Waals surface area contributed by atoms with Crippen molar-refractivity contribution in [3.05, 3.63) is 34.0 Å². The van der Waals surface area contributed by atoms with Crippen molar-refractivity contribution < 1.29 is 0 Å². The second kappa shape index (κ2) is 8.80. The second-order valence-electron chi connectivity index (χ2n) is 5.11. The Balaban J connectivity index is 1.76. The topological polar surface area (TPSA) is 36.4 Å². The molecule has 20 heavy (non-hydrogen) atoms. The summed E-state index contributed by atoms with van der Waals surface area (Å²) in [7, 11) is 0. The number of hydrogen-bond acceptors (Lipinski definition) is 2. The molecular weight excluding hydrogens is 266 g/mol. The largest absolute Gasteiger partial charge is 0.357 e. The molecule has 0 saturated heterocycles. The summed E-state index contributed by atoms with van der Waals surface area (Å²) < 4.78 is 0. The van der Waals surface area contributed by atoms with Gasteiger partial charge in [0, 0.05) is 13.1 Å². The molecule has 0 amide bonds. The van der Waals surface area contributed by atoms with E-state index >= 15 is 0 Å². The molecule has 1 aromatic rings. The van der Waals surface area contributed by atoms with Crippen molar-refractivity contribution in [2.45, 2.75) is 45.6 Å². The summed E-state index contributed by atoms with van der Waals surface area (Å²) in [6.45, 7) is 4.73. The van der Waals surface area contributed by atoms with E-state index in [0.717, 1.165) is 32.0 Å². The van der Waals surface area contributed by atoms with Gasteiger partial charge in [-0.25, -0.2) is 4.99 Å². The number of thiophene rings is 1. The first-order valence-electron chi connectivity index (χ1n) is 7.59. The van der Waals surface area contributed by atoms with Crippen molar-refractivity contribution in [2.75, 3.05) is 13.1 Å². The molecule has 4 heteroatoms. The summed E-state index contributed by atoms with van der Waals surface area (Å²) in [5.74, 6) is 0.926. The van der Waals surface area contributed by atoms with Crippen LogP contribution in [0, 0.1) is 0 Å². The van der Waals surface area contributed by atoms with Crippen LogP contribution in [0.3, 0.4) is 0 Å². The second-order valence-corrected chi connectivity index (χ2v) is 5.89. The van der Waals surface area contributed by atoms with E-state index in [4.69, 9.17) is 0 Å². The van der Waals surface area contributed by atoms with Crippen molar-refractivity contribution in [1.82, 2.24) is 10.6 Å². The smallest absolute Gasteiger partial charge is 0.191 e. The highest BCUT2D eigenvalue weighted by Gasteiger charge is 2.04. The Hall–Kier alpha value is -1.29. The number of nitrogens with one attached hydrogen (secondary N) is 2. The van der Waals surface area contributed by atoms with Gasteiger partial charge in [-0.3, -0.25) is 0 Å². The van der Waals surface area contributed by atoms with Crippen molar-refractivity contribution in [3.63, 3.8) is 0 Å². The molecule has 0 fully saturated rings. The molecule has 0 aliphatic heterocycles. The lowest BCUT2D eigenvalue weighted by Crippen LogP contribution is -2.37. The predicted molar refractivity (Wildman–Crippen MR) is 88.3 cm³/mol. The summed E-state index contributed by atoms with van der Waals surface area (Å²) in [5, 5.41) is 11.0. The minimum Gasteiger partial charge on any atom is -0.357 e. The average Bonchev–Trinajstić information content (AvgIpc) is 2.99. The maximum absolute atomic E-state index is 4.62. The third-order valence-electron chi connectivity index (χ3n) is 3.47. The zero-order valence-electron chi connectivity index (χ0n) is 12.3. The van der Waals surface area contributed by atoms with Crippen molar-refractivity contribution in [2.24, 2.45) is 4.99 Å². The van der Waals surface area contributed by atoms with Gasteiger partial charge < -0.3 is 10.6 Å². The number of nitrogens with zero attached hydrogens (tertiary/aromatic N) is 1. The lowest BCUT2D eigenvalue weighted by molar-refractivity contribution is 0.665. The Morgan fingerprint density at radius 2 is 2.30 bits per heavy atom. The number of aliphatic imine (C=N–C) groups is 1. The van der Waals surface area contributed by atoms with Crippen LogP contribution in [-0.2, 0) is 6.54 Å². The van der Waals surface area contributed by atoms with Crippen LogP contribution < -0.4 is 10.6 Å². The maximum Gasteiger partial charge on any atom is 0.191 e. The third-order valence-corrected chi connectivity index (χ3v) is 4.20. The SMILES string of the molecule is CCNC(=NCc1ccsc1)NCCC1=CCCCC1. The first kappa shape index (κ1) is 15.1. The van der Waals surface area contributed by atoms with Gasteiger partial charge in [0.25, 0.3) is 0 Å². The molecule has 0 atom stereocenters. The predicted octanol–water partition coefficient (Wildman–Crippen LogP) is 3.69. The molecule has 1 aliphatic rings. The van der Waals surface area contributed by atoms with Crippen LogP contribution in [0.2, 0.25) is 0 Å². The van der Waals surface area contributed by atoms with Crippen LogP contribution in [0.1, 0.15) is 44.6 Å². The van der Waals surface area contributed by atoms with E-state index in [9.17, 15) is 0 Å². The molecule has 3 nitrogen and oxygen atoms in total. The van der Waals surface area contributed by atoms with Gasteiger partial charge in [-0.1, -0.05) is 11.6 Å². The monoisotopic (exact) mass is 291 g/mol. The van der Waals surface area contributed by atoms with E-state index in [1.165, 1.54) is 31.2 Å². The molecule has 1 aliphatic carbocycles. The first-order valence-corrected chi connectivity index (χ1v) is 8.54. The molecule has 0 aromatic carbocycles. The number of allylic oxidation sites excluding steroid dienone is 1. The number of guanidine groups is 1. The van der Waals surface area contributed by atoms with Gasteiger partial charge in [0.15, 0.2) is 5.96 Å². The Kier molecular flexibility index (Phi) is 6.64. The zero-order chi connectivity index (χ0) is 14.0. The van der Waals surface area contributed by atoms with Gasteiger partial charge in [0.05, 0.1) is 6.54 Å². The fraction of sp³-hybridized carbons (Fsp3) is 0.562. The Morgan fingerprint density at radius 3 is 3.00 bits per heavy atom. The number of hydrogen-bond donors (Lipinski definition) is 2. The highest BCUT2D eigenvalue weighted by molar-refractivity contribution is 7.07. The fourth-order valence-electron chi connectivity index (χ4n) is 2.37. The van der Waals surface area contributed by atoms with Gasteiger partial charge >= 0.3 is 0 Å². The molecule has 2 N–H and O–H groups in total. The van der Waals surface area contributed by atoms with Gasteiger partial charge in [-0.15, -0.1) is 0 Å². The van der Waals surface area contributed by atoms with Crippen LogP contribution in [0.5, 0.6) is 0 Å². The van der Waals surface area contributed by atoms with E-state index in [1.54, 1.807) is 16.9 Å². The van der Waals surface area contributed by atoms with Crippen molar-refractivity contribution >= 4 is 17.3 Å². The van der Waals surface area contributed by atoms with E-state index in [2.05, 4.69) is 45.5 Å². The third kappa shape index (κ3) is 5.37. The molecule has 0 saturated carbocycles. The standard InChI is InChI=1S/C16H25N3S/c1-2-17-16(19-12-15-9-11-20-13-15)18-10-8-14-6-4-3-5-7-14/h6,9,11,13H,2-5,7-8,10,12H2,1H3,(H2,17,18,19). The minimum atomic E-state index is 0.752. The van der Waals surface area contributed by atoms with Crippen LogP contribution >= 0.6 is 11.3 Å². The summed E-state index contributed by atoms with van der Waals surface area (Å²) in [6, 6.07) is 2.13. The lowest BCUT2D eigenvalue weighted by Gasteiger charge is -2.15. The highest BCUT2D eigenvalue weighted by atomic mass is 32.1. The summed E-state index contributed by atoms with van der Waals surface area (Å²) >= 11 is 1.72. The quantitative estimate of drug-likeness (QED) is 0.476. The molecular formula is C16H25N3S. The minimum absolute atomic E-state index is 0.752. The van der Waals surface area contributed by atoms with Gasteiger partial charge in [-0.05, 0) is 61.4 Å². The first-order chi connectivity index (χ1) is 9.88. The molecule has 0 bridgehead atoms. The molecule has 0 spiro atoms. The Labute approximate surface area is 126 Å².